The summed E-state index contributed by atoms with van der Waals surface area (Å²) >= 11 is 0. The Morgan fingerprint density at radius 3 is 2.48 bits per heavy atom. The summed E-state index contributed by atoms with van der Waals surface area (Å²) in [6, 6.07) is 15.2. The third kappa shape index (κ3) is 4.29. The molecule has 0 saturated carbocycles. The molecule has 0 bridgehead atoms. The summed E-state index contributed by atoms with van der Waals surface area (Å²) in [5.41, 5.74) is 3.90. The number of aromatic nitrogens is 2. The first-order valence-electron chi connectivity index (χ1n) is 8.36. The van der Waals surface area contributed by atoms with Crippen LogP contribution in [0.4, 0.5) is 0 Å². The Morgan fingerprint density at radius 1 is 1.00 bits per heavy atom. The standard InChI is InChI=1S/C21H20N2O2/c1-2-20(24)19-12-18(13-22-14-19)11-16-6-8-17(9-7-16)15-23-10-4-3-5-21(23)25/h3-10,12-14H,2,11,15H2,1H3. The van der Waals surface area contributed by atoms with E-state index >= 15 is 0 Å². The van der Waals surface area contributed by atoms with E-state index < -0.39 is 0 Å². The first-order valence-corrected chi connectivity index (χ1v) is 8.36. The second-order valence-electron chi connectivity index (χ2n) is 6.02. The smallest absolute Gasteiger partial charge is 0.250 e. The second kappa shape index (κ2) is 7.71. The summed E-state index contributed by atoms with van der Waals surface area (Å²) in [4.78, 5) is 27.7. The monoisotopic (exact) mass is 332 g/mol. The Hall–Kier alpha value is -3.01. The zero-order chi connectivity index (χ0) is 17.6. The van der Waals surface area contributed by atoms with Crippen molar-refractivity contribution in [3.63, 3.8) is 0 Å². The molecular weight excluding hydrogens is 312 g/mol. The average molecular weight is 332 g/mol. The number of pyridine rings is 2. The van der Waals surface area contributed by atoms with E-state index in [1.165, 1.54) is 0 Å². The van der Waals surface area contributed by atoms with Gasteiger partial charge in [0.1, 0.15) is 0 Å². The number of ketones is 1. The van der Waals surface area contributed by atoms with Gasteiger partial charge in [-0.05, 0) is 35.2 Å². The molecule has 2 aromatic heterocycles. The molecule has 4 nitrogen and oxygen atoms in total. The molecule has 0 amide bonds. The van der Waals surface area contributed by atoms with E-state index in [1.54, 1.807) is 35.3 Å². The number of nitrogens with zero attached hydrogens (tertiary/aromatic N) is 2. The molecule has 0 aliphatic heterocycles. The van der Waals surface area contributed by atoms with Crippen LogP contribution in [0.2, 0.25) is 0 Å². The lowest BCUT2D eigenvalue weighted by Crippen LogP contribution is -2.18. The topological polar surface area (TPSA) is 52.0 Å². The maximum Gasteiger partial charge on any atom is 0.250 e. The minimum Gasteiger partial charge on any atom is -0.311 e. The van der Waals surface area contributed by atoms with Gasteiger partial charge in [0.25, 0.3) is 5.56 Å². The highest BCUT2D eigenvalue weighted by atomic mass is 16.1. The van der Waals surface area contributed by atoms with E-state index in [0.717, 1.165) is 23.1 Å². The number of carbonyl (C=O) groups is 1. The van der Waals surface area contributed by atoms with Crippen LogP contribution in [0.5, 0.6) is 0 Å². The lowest BCUT2D eigenvalue weighted by atomic mass is 10.0. The van der Waals surface area contributed by atoms with Gasteiger partial charge in [-0.25, -0.2) is 0 Å². The molecule has 4 heteroatoms. The van der Waals surface area contributed by atoms with Crippen molar-refractivity contribution in [3.8, 4) is 0 Å². The van der Waals surface area contributed by atoms with Crippen LogP contribution in [0.25, 0.3) is 0 Å². The molecule has 1 aromatic carbocycles. The summed E-state index contributed by atoms with van der Waals surface area (Å²) in [5.74, 6) is 0.109. The molecule has 0 radical (unpaired) electrons. The summed E-state index contributed by atoms with van der Waals surface area (Å²) in [7, 11) is 0. The van der Waals surface area contributed by atoms with E-state index in [4.69, 9.17) is 0 Å². The molecule has 0 saturated heterocycles. The summed E-state index contributed by atoms with van der Waals surface area (Å²) in [5, 5.41) is 0. The molecule has 2 heterocycles. The van der Waals surface area contributed by atoms with Crippen LogP contribution < -0.4 is 5.56 Å². The molecular formula is C21H20N2O2. The molecule has 0 unspecified atom stereocenters. The van der Waals surface area contributed by atoms with Crippen molar-refractivity contribution < 1.29 is 4.79 Å². The van der Waals surface area contributed by atoms with Gasteiger partial charge in [-0.1, -0.05) is 37.3 Å². The van der Waals surface area contributed by atoms with Crippen molar-refractivity contribution in [2.24, 2.45) is 0 Å². The number of hydrogen-bond donors (Lipinski definition) is 0. The molecule has 0 fully saturated rings. The molecule has 25 heavy (non-hydrogen) atoms. The van der Waals surface area contributed by atoms with Gasteiger partial charge in [0, 0.05) is 36.6 Å². The molecule has 0 atom stereocenters. The fraction of sp³-hybridized carbons (Fsp3) is 0.190. The van der Waals surface area contributed by atoms with E-state index in [2.05, 4.69) is 17.1 Å². The highest BCUT2D eigenvalue weighted by Gasteiger charge is 2.05. The number of benzene rings is 1. The van der Waals surface area contributed by atoms with Crippen molar-refractivity contribution in [1.29, 1.82) is 0 Å². The van der Waals surface area contributed by atoms with E-state index in [-0.39, 0.29) is 11.3 Å². The Balaban J connectivity index is 1.72. The average Bonchev–Trinajstić information content (AvgIpc) is 2.65. The quantitative estimate of drug-likeness (QED) is 0.650. The van der Waals surface area contributed by atoms with Crippen LogP contribution in [-0.4, -0.2) is 15.3 Å². The third-order valence-corrected chi connectivity index (χ3v) is 4.12. The normalized spacial score (nSPS) is 10.6. The minimum absolute atomic E-state index is 0.00458. The van der Waals surface area contributed by atoms with Crippen LogP contribution in [0.15, 0.2) is 71.9 Å². The maximum atomic E-state index is 11.8. The molecule has 0 spiro atoms. The van der Waals surface area contributed by atoms with E-state index in [1.807, 2.05) is 31.2 Å². The fourth-order valence-corrected chi connectivity index (χ4v) is 2.73. The van der Waals surface area contributed by atoms with Crippen molar-refractivity contribution in [2.75, 3.05) is 0 Å². The molecule has 0 aliphatic rings. The van der Waals surface area contributed by atoms with E-state index in [0.29, 0.717) is 18.5 Å². The Labute approximate surface area is 146 Å². The molecule has 0 aliphatic carbocycles. The highest BCUT2D eigenvalue weighted by molar-refractivity contribution is 5.95. The number of Topliss-reactive ketones (excluding diaryl/α,β-unsaturated/α-hetero) is 1. The van der Waals surface area contributed by atoms with Gasteiger partial charge >= 0.3 is 0 Å². The third-order valence-electron chi connectivity index (χ3n) is 4.12. The van der Waals surface area contributed by atoms with Gasteiger partial charge in [0.2, 0.25) is 0 Å². The molecule has 126 valence electrons. The summed E-state index contributed by atoms with van der Waals surface area (Å²) < 4.78 is 1.68. The predicted molar refractivity (Wildman–Crippen MR) is 97.9 cm³/mol. The molecule has 3 rings (SSSR count). The van der Waals surface area contributed by atoms with Gasteiger partial charge in [0.05, 0.1) is 6.54 Å². The SMILES string of the molecule is CCC(=O)c1cncc(Cc2ccc(Cn3ccccc3=O)cc2)c1. The number of carbonyl (C=O) groups excluding carboxylic acids is 1. The van der Waals surface area contributed by atoms with Crippen molar-refractivity contribution >= 4 is 5.78 Å². The second-order valence-corrected chi connectivity index (χ2v) is 6.02. The Bertz CT molecular complexity index is 927. The largest absolute Gasteiger partial charge is 0.311 e. The Kier molecular flexibility index (Phi) is 5.19. The number of rotatable bonds is 6. The van der Waals surface area contributed by atoms with Crippen molar-refractivity contribution in [2.45, 2.75) is 26.3 Å². The van der Waals surface area contributed by atoms with Gasteiger partial charge in [-0.15, -0.1) is 0 Å². The summed E-state index contributed by atoms with van der Waals surface area (Å²) in [6.07, 6.45) is 6.42. The molecule has 0 N–H and O–H groups in total. The fourth-order valence-electron chi connectivity index (χ4n) is 2.73. The van der Waals surface area contributed by atoms with Crippen LogP contribution in [0, 0.1) is 0 Å². The van der Waals surface area contributed by atoms with Crippen LogP contribution >= 0.6 is 0 Å². The van der Waals surface area contributed by atoms with Gasteiger partial charge in [-0.3, -0.25) is 14.6 Å². The minimum atomic E-state index is -0.00458. The number of hydrogen-bond acceptors (Lipinski definition) is 3. The van der Waals surface area contributed by atoms with Crippen LogP contribution in [-0.2, 0) is 13.0 Å². The van der Waals surface area contributed by atoms with E-state index in [9.17, 15) is 9.59 Å². The summed E-state index contributed by atoms with van der Waals surface area (Å²) in [6.45, 7) is 2.41. The first-order chi connectivity index (χ1) is 12.2. The van der Waals surface area contributed by atoms with Crippen molar-refractivity contribution in [3.05, 3.63) is 99.7 Å². The zero-order valence-electron chi connectivity index (χ0n) is 14.2. The van der Waals surface area contributed by atoms with Gasteiger partial charge in [-0.2, -0.15) is 0 Å². The first kappa shape index (κ1) is 16.8. The van der Waals surface area contributed by atoms with Gasteiger partial charge in [0.15, 0.2) is 5.78 Å². The van der Waals surface area contributed by atoms with Crippen LogP contribution in [0.1, 0.15) is 40.4 Å². The van der Waals surface area contributed by atoms with Gasteiger partial charge < -0.3 is 4.57 Å². The maximum absolute atomic E-state index is 11.8. The predicted octanol–water partition coefficient (Wildman–Crippen LogP) is 3.48. The molecule has 3 aromatic rings. The lowest BCUT2D eigenvalue weighted by molar-refractivity contribution is 0.0987. The Morgan fingerprint density at radius 2 is 1.76 bits per heavy atom. The van der Waals surface area contributed by atoms with Crippen molar-refractivity contribution in [1.82, 2.24) is 9.55 Å². The zero-order valence-corrected chi connectivity index (χ0v) is 14.2. The lowest BCUT2D eigenvalue weighted by Gasteiger charge is -2.07. The highest BCUT2D eigenvalue weighted by Crippen LogP contribution is 2.13. The van der Waals surface area contributed by atoms with Crippen LogP contribution in [0.3, 0.4) is 0 Å².